The third kappa shape index (κ3) is 4.75. The molecule has 0 spiro atoms. The minimum absolute atomic E-state index is 0.00709. The van der Waals surface area contributed by atoms with Crippen molar-refractivity contribution in [1.29, 1.82) is 0 Å². The first kappa shape index (κ1) is 16.4. The van der Waals surface area contributed by atoms with E-state index in [1.807, 2.05) is 31.7 Å². The third-order valence-electron chi connectivity index (χ3n) is 3.92. The molecule has 1 fully saturated rings. The number of hydrogen-bond donors (Lipinski definition) is 2. The zero-order chi connectivity index (χ0) is 15.2. The number of carbonyl (C=O) groups excluding carboxylic acids is 1. The van der Waals surface area contributed by atoms with Crippen molar-refractivity contribution in [3.8, 4) is 0 Å². The molecule has 0 aliphatic heterocycles. The van der Waals surface area contributed by atoms with Crippen molar-refractivity contribution >= 4 is 17.7 Å². The molecule has 21 heavy (non-hydrogen) atoms. The highest BCUT2D eigenvalue weighted by atomic mass is 32.2. The lowest BCUT2D eigenvalue weighted by molar-refractivity contribution is 0.0931. The molecule has 0 bridgehead atoms. The summed E-state index contributed by atoms with van der Waals surface area (Å²) in [5.74, 6) is -0.0276. The van der Waals surface area contributed by atoms with Gasteiger partial charge < -0.3 is 10.4 Å². The Balaban J connectivity index is 2.11. The van der Waals surface area contributed by atoms with E-state index in [0.29, 0.717) is 11.7 Å². The van der Waals surface area contributed by atoms with Crippen LogP contribution in [-0.2, 0) is 0 Å². The SMILES string of the molecule is Cc1ccc(SC2CCCC2)c(C(=O)NC(C)CCO)c1. The molecule has 4 heteroatoms. The summed E-state index contributed by atoms with van der Waals surface area (Å²) >= 11 is 1.85. The van der Waals surface area contributed by atoms with Gasteiger partial charge >= 0.3 is 0 Å². The van der Waals surface area contributed by atoms with Gasteiger partial charge in [-0.2, -0.15) is 0 Å². The van der Waals surface area contributed by atoms with E-state index in [1.165, 1.54) is 25.7 Å². The lowest BCUT2D eigenvalue weighted by Crippen LogP contribution is -2.33. The second kappa shape index (κ2) is 7.85. The first-order chi connectivity index (χ1) is 10.1. The van der Waals surface area contributed by atoms with E-state index in [-0.39, 0.29) is 18.6 Å². The van der Waals surface area contributed by atoms with Gasteiger partial charge in [0.15, 0.2) is 0 Å². The third-order valence-corrected chi connectivity index (χ3v) is 5.33. The Morgan fingerprint density at radius 1 is 1.43 bits per heavy atom. The van der Waals surface area contributed by atoms with E-state index in [0.717, 1.165) is 16.0 Å². The van der Waals surface area contributed by atoms with E-state index in [2.05, 4.69) is 17.4 Å². The molecule has 1 atom stereocenters. The van der Waals surface area contributed by atoms with Gasteiger partial charge in [-0.25, -0.2) is 0 Å². The van der Waals surface area contributed by atoms with Gasteiger partial charge in [-0.3, -0.25) is 4.79 Å². The molecule has 1 amide bonds. The zero-order valence-corrected chi connectivity index (χ0v) is 13.7. The highest BCUT2D eigenvalue weighted by Crippen LogP contribution is 2.36. The van der Waals surface area contributed by atoms with Crippen molar-refractivity contribution in [3.63, 3.8) is 0 Å². The zero-order valence-electron chi connectivity index (χ0n) is 12.9. The van der Waals surface area contributed by atoms with E-state index >= 15 is 0 Å². The van der Waals surface area contributed by atoms with Crippen LogP contribution >= 0.6 is 11.8 Å². The van der Waals surface area contributed by atoms with Gasteiger partial charge in [0, 0.05) is 22.8 Å². The monoisotopic (exact) mass is 307 g/mol. The number of carbonyl (C=O) groups is 1. The van der Waals surface area contributed by atoms with Crippen LogP contribution in [0.25, 0.3) is 0 Å². The van der Waals surface area contributed by atoms with Crippen molar-refractivity contribution in [2.45, 2.75) is 62.1 Å². The molecule has 0 heterocycles. The largest absolute Gasteiger partial charge is 0.396 e. The summed E-state index contributed by atoms with van der Waals surface area (Å²) in [5, 5.41) is 12.6. The van der Waals surface area contributed by atoms with Crippen LogP contribution in [0.3, 0.4) is 0 Å². The molecule has 1 aromatic rings. The minimum atomic E-state index is -0.0276. The van der Waals surface area contributed by atoms with Crippen LogP contribution in [-0.4, -0.2) is 28.9 Å². The molecule has 3 nitrogen and oxygen atoms in total. The summed E-state index contributed by atoms with van der Waals surface area (Å²) in [6.07, 6.45) is 5.70. The topological polar surface area (TPSA) is 49.3 Å². The Morgan fingerprint density at radius 2 is 2.14 bits per heavy atom. The number of aliphatic hydroxyl groups is 1. The van der Waals surface area contributed by atoms with Crippen molar-refractivity contribution in [2.24, 2.45) is 0 Å². The molecule has 1 aromatic carbocycles. The Labute approximate surface area is 131 Å². The Bertz CT molecular complexity index is 484. The summed E-state index contributed by atoms with van der Waals surface area (Å²) in [7, 11) is 0. The predicted octanol–water partition coefficient (Wildman–Crippen LogP) is 3.53. The molecule has 0 saturated heterocycles. The summed E-state index contributed by atoms with van der Waals surface area (Å²) in [4.78, 5) is 13.6. The van der Waals surface area contributed by atoms with Crippen LogP contribution < -0.4 is 5.32 Å². The molecular weight excluding hydrogens is 282 g/mol. The molecule has 0 radical (unpaired) electrons. The van der Waals surface area contributed by atoms with Gasteiger partial charge in [-0.1, -0.05) is 24.5 Å². The maximum atomic E-state index is 12.5. The van der Waals surface area contributed by atoms with Gasteiger partial charge in [0.05, 0.1) is 5.56 Å². The Kier molecular flexibility index (Phi) is 6.12. The molecule has 1 aliphatic carbocycles. The predicted molar refractivity (Wildman–Crippen MR) is 87.9 cm³/mol. The fourth-order valence-electron chi connectivity index (χ4n) is 2.68. The smallest absolute Gasteiger partial charge is 0.252 e. The second-order valence-corrected chi connectivity index (χ2v) is 7.25. The Morgan fingerprint density at radius 3 is 2.81 bits per heavy atom. The number of thioether (sulfide) groups is 1. The lowest BCUT2D eigenvalue weighted by Gasteiger charge is -2.17. The van der Waals surface area contributed by atoms with Crippen LogP contribution in [0.4, 0.5) is 0 Å². The number of rotatable bonds is 6. The first-order valence-corrected chi connectivity index (χ1v) is 8.67. The van der Waals surface area contributed by atoms with Crippen LogP contribution in [0.15, 0.2) is 23.1 Å². The molecule has 2 rings (SSSR count). The highest BCUT2D eigenvalue weighted by molar-refractivity contribution is 8.00. The van der Waals surface area contributed by atoms with Crippen molar-refractivity contribution in [2.75, 3.05) is 6.61 Å². The van der Waals surface area contributed by atoms with E-state index in [9.17, 15) is 4.79 Å². The second-order valence-electron chi connectivity index (χ2n) is 5.91. The lowest BCUT2D eigenvalue weighted by atomic mass is 10.1. The number of aliphatic hydroxyl groups excluding tert-OH is 1. The van der Waals surface area contributed by atoms with Gasteiger partial charge in [0.25, 0.3) is 5.91 Å². The molecule has 1 saturated carbocycles. The average molecular weight is 307 g/mol. The van der Waals surface area contributed by atoms with Crippen molar-refractivity contribution in [3.05, 3.63) is 29.3 Å². The molecule has 0 aromatic heterocycles. The minimum Gasteiger partial charge on any atom is -0.396 e. The molecule has 1 aliphatic rings. The number of benzene rings is 1. The highest BCUT2D eigenvalue weighted by Gasteiger charge is 2.20. The summed E-state index contributed by atoms with van der Waals surface area (Å²) < 4.78 is 0. The van der Waals surface area contributed by atoms with Crippen molar-refractivity contribution < 1.29 is 9.90 Å². The average Bonchev–Trinajstić information content (AvgIpc) is 2.94. The fraction of sp³-hybridized carbons (Fsp3) is 0.588. The number of aryl methyl sites for hydroxylation is 1. The fourth-order valence-corrected chi connectivity index (χ4v) is 4.03. The van der Waals surface area contributed by atoms with E-state index in [1.54, 1.807) is 0 Å². The summed E-state index contributed by atoms with van der Waals surface area (Å²) in [6.45, 7) is 4.03. The Hall–Kier alpha value is -1.00. The van der Waals surface area contributed by atoms with Crippen LogP contribution in [0, 0.1) is 6.92 Å². The maximum Gasteiger partial charge on any atom is 0.252 e. The van der Waals surface area contributed by atoms with E-state index < -0.39 is 0 Å². The molecule has 2 N–H and O–H groups in total. The van der Waals surface area contributed by atoms with Crippen LogP contribution in [0.2, 0.25) is 0 Å². The van der Waals surface area contributed by atoms with Crippen LogP contribution in [0.1, 0.15) is 54.9 Å². The number of nitrogens with one attached hydrogen (secondary N) is 1. The van der Waals surface area contributed by atoms with Gasteiger partial charge in [0.1, 0.15) is 0 Å². The molecular formula is C17H25NO2S. The van der Waals surface area contributed by atoms with E-state index in [4.69, 9.17) is 5.11 Å². The van der Waals surface area contributed by atoms with Gasteiger partial charge in [-0.05, 0) is 45.2 Å². The molecule has 1 unspecified atom stereocenters. The maximum absolute atomic E-state index is 12.5. The van der Waals surface area contributed by atoms with Gasteiger partial charge in [-0.15, -0.1) is 11.8 Å². The van der Waals surface area contributed by atoms with Crippen molar-refractivity contribution in [1.82, 2.24) is 5.32 Å². The van der Waals surface area contributed by atoms with Gasteiger partial charge in [0.2, 0.25) is 0 Å². The summed E-state index contributed by atoms with van der Waals surface area (Å²) in [5.41, 5.74) is 1.88. The number of hydrogen-bond acceptors (Lipinski definition) is 3. The standard InChI is InChI=1S/C17H25NO2S/c1-12-7-8-16(21-14-5-3-4-6-14)15(11-12)17(20)18-13(2)9-10-19/h7-8,11,13-14,19H,3-6,9-10H2,1-2H3,(H,18,20). The quantitative estimate of drug-likeness (QED) is 0.845. The molecule has 116 valence electrons. The number of amides is 1. The first-order valence-electron chi connectivity index (χ1n) is 7.79. The normalized spacial score (nSPS) is 16.9. The summed E-state index contributed by atoms with van der Waals surface area (Å²) in [6, 6.07) is 6.11. The van der Waals surface area contributed by atoms with Crippen LogP contribution in [0.5, 0.6) is 0 Å².